The summed E-state index contributed by atoms with van der Waals surface area (Å²) in [4.78, 5) is 0. The van der Waals surface area contributed by atoms with Gasteiger partial charge in [-0.15, -0.1) is 0 Å². The Balaban J connectivity index is 2.49. The van der Waals surface area contributed by atoms with E-state index in [1.165, 1.54) is 72.9 Å². The molecule has 150 valence electrons. The van der Waals surface area contributed by atoms with Crippen LogP contribution in [0.15, 0.2) is 30.3 Å². The molecule has 0 aliphatic carbocycles. The lowest BCUT2D eigenvalue weighted by Gasteiger charge is -2.24. The molecule has 0 saturated heterocycles. The molecule has 1 heteroatoms. The summed E-state index contributed by atoms with van der Waals surface area (Å²) in [5, 5.41) is 5.68. The molecule has 0 bridgehead atoms. The second kappa shape index (κ2) is 9.45. The lowest BCUT2D eigenvalue weighted by atomic mass is 9.81. The van der Waals surface area contributed by atoms with Gasteiger partial charge in [0.05, 0.1) is 7.11 Å². The van der Waals surface area contributed by atoms with Gasteiger partial charge in [0, 0.05) is 0 Å². The van der Waals surface area contributed by atoms with Crippen molar-refractivity contribution >= 4 is 21.5 Å². The number of benzene rings is 3. The van der Waals surface area contributed by atoms with E-state index in [1.807, 2.05) is 0 Å². The van der Waals surface area contributed by atoms with E-state index < -0.39 is 0 Å². The number of ether oxygens (including phenoxy) is 1. The van der Waals surface area contributed by atoms with E-state index >= 15 is 0 Å². The minimum atomic E-state index is 0.939. The largest absolute Gasteiger partial charge is 0.497 e. The highest BCUT2D eigenvalue weighted by Crippen LogP contribution is 2.39. The fourth-order valence-corrected chi connectivity index (χ4v) is 4.85. The van der Waals surface area contributed by atoms with E-state index in [0.717, 1.165) is 5.75 Å². The van der Waals surface area contributed by atoms with Gasteiger partial charge in [-0.3, -0.25) is 0 Å². The highest BCUT2D eigenvalue weighted by atomic mass is 16.5. The molecule has 0 aliphatic heterocycles. The van der Waals surface area contributed by atoms with E-state index in [1.54, 1.807) is 29.4 Å². The molecule has 0 unspecified atom stereocenters. The summed E-state index contributed by atoms with van der Waals surface area (Å²) in [7, 11) is 1.75. The van der Waals surface area contributed by atoms with E-state index in [4.69, 9.17) is 4.74 Å². The van der Waals surface area contributed by atoms with Gasteiger partial charge in [0.25, 0.3) is 0 Å². The molecule has 3 aromatic carbocycles. The van der Waals surface area contributed by atoms with Crippen LogP contribution in [0.4, 0.5) is 0 Å². The van der Waals surface area contributed by atoms with Crippen LogP contribution in [0.1, 0.15) is 75.6 Å². The summed E-state index contributed by atoms with van der Waals surface area (Å²) in [6, 6.07) is 11.3. The average Bonchev–Trinajstić information content (AvgIpc) is 2.72. The lowest BCUT2D eigenvalue weighted by molar-refractivity contribution is 0.415. The average molecular weight is 377 g/mol. The van der Waals surface area contributed by atoms with Crippen LogP contribution in [0.25, 0.3) is 21.5 Å². The highest BCUT2D eigenvalue weighted by Gasteiger charge is 2.19. The van der Waals surface area contributed by atoms with Gasteiger partial charge in [0.1, 0.15) is 5.75 Å². The van der Waals surface area contributed by atoms with Crippen LogP contribution in [-0.2, 0) is 25.7 Å². The molecule has 0 atom stereocenters. The van der Waals surface area contributed by atoms with Gasteiger partial charge >= 0.3 is 0 Å². The van der Waals surface area contributed by atoms with Crippen LogP contribution < -0.4 is 4.74 Å². The van der Waals surface area contributed by atoms with Gasteiger partial charge in [-0.05, 0) is 81.6 Å². The van der Waals surface area contributed by atoms with Crippen molar-refractivity contribution in [1.82, 2.24) is 0 Å². The van der Waals surface area contributed by atoms with Gasteiger partial charge in [-0.2, -0.15) is 0 Å². The SMILES string of the molecule is CCCc1c(CCC)c(CCC)c2c(ccc3cc(OC)ccc32)c1CCC. The van der Waals surface area contributed by atoms with E-state index in [2.05, 4.69) is 58.0 Å². The summed E-state index contributed by atoms with van der Waals surface area (Å²) in [5.41, 5.74) is 6.54. The van der Waals surface area contributed by atoms with Crippen molar-refractivity contribution in [3.05, 3.63) is 52.6 Å². The standard InChI is InChI=1S/C27H36O/c1-6-10-22-23(11-7-2)25(13-9-4)27-21-17-15-20(28-5)18-19(21)14-16-26(27)24(22)12-8-3/h14-18H,6-13H2,1-5H3. The smallest absolute Gasteiger partial charge is 0.119 e. The maximum Gasteiger partial charge on any atom is 0.119 e. The van der Waals surface area contributed by atoms with Gasteiger partial charge in [-0.1, -0.05) is 71.6 Å². The van der Waals surface area contributed by atoms with Crippen molar-refractivity contribution in [2.45, 2.75) is 79.1 Å². The minimum absolute atomic E-state index is 0.939. The van der Waals surface area contributed by atoms with Gasteiger partial charge in [-0.25, -0.2) is 0 Å². The molecule has 3 rings (SSSR count). The first-order valence-electron chi connectivity index (χ1n) is 11.3. The number of hydrogen-bond donors (Lipinski definition) is 0. The Morgan fingerprint density at radius 2 is 1.14 bits per heavy atom. The number of fused-ring (bicyclic) bond motifs is 3. The topological polar surface area (TPSA) is 9.23 Å². The third-order valence-electron chi connectivity index (χ3n) is 5.95. The van der Waals surface area contributed by atoms with Crippen LogP contribution in [0, 0.1) is 0 Å². The Labute approximate surface area is 171 Å². The molecule has 28 heavy (non-hydrogen) atoms. The first kappa shape index (κ1) is 20.7. The zero-order valence-corrected chi connectivity index (χ0v) is 18.5. The summed E-state index contributed by atoms with van der Waals surface area (Å²) >= 11 is 0. The molecule has 0 aliphatic rings. The van der Waals surface area contributed by atoms with E-state index in [9.17, 15) is 0 Å². The molecule has 0 fully saturated rings. The summed E-state index contributed by atoms with van der Waals surface area (Å²) in [5.74, 6) is 0.939. The maximum absolute atomic E-state index is 5.49. The minimum Gasteiger partial charge on any atom is -0.497 e. The Bertz CT molecular complexity index is 952. The van der Waals surface area contributed by atoms with Crippen LogP contribution in [0.2, 0.25) is 0 Å². The van der Waals surface area contributed by atoms with E-state index in [0.29, 0.717) is 0 Å². The molecule has 0 N–H and O–H groups in total. The molecule has 0 saturated carbocycles. The van der Waals surface area contributed by atoms with E-state index in [-0.39, 0.29) is 0 Å². The van der Waals surface area contributed by atoms with Crippen molar-refractivity contribution in [2.75, 3.05) is 7.11 Å². The van der Waals surface area contributed by atoms with Crippen molar-refractivity contribution in [1.29, 1.82) is 0 Å². The van der Waals surface area contributed by atoms with Crippen LogP contribution >= 0.6 is 0 Å². The van der Waals surface area contributed by atoms with Crippen LogP contribution in [-0.4, -0.2) is 7.11 Å². The number of aryl methyl sites for hydroxylation is 2. The molecule has 0 radical (unpaired) electrons. The van der Waals surface area contributed by atoms with Crippen molar-refractivity contribution < 1.29 is 4.74 Å². The molecular formula is C27H36O. The number of hydrogen-bond acceptors (Lipinski definition) is 1. The Morgan fingerprint density at radius 1 is 0.607 bits per heavy atom. The maximum atomic E-state index is 5.49. The molecule has 0 amide bonds. The Morgan fingerprint density at radius 3 is 1.75 bits per heavy atom. The molecule has 0 heterocycles. The fourth-order valence-electron chi connectivity index (χ4n) is 4.85. The molecule has 3 aromatic rings. The normalized spacial score (nSPS) is 11.5. The van der Waals surface area contributed by atoms with Gasteiger partial charge in [0.2, 0.25) is 0 Å². The lowest BCUT2D eigenvalue weighted by Crippen LogP contribution is -2.07. The summed E-state index contributed by atoms with van der Waals surface area (Å²) in [6.45, 7) is 9.27. The zero-order chi connectivity index (χ0) is 20.1. The highest BCUT2D eigenvalue weighted by molar-refractivity contribution is 6.11. The van der Waals surface area contributed by atoms with Gasteiger partial charge in [0.15, 0.2) is 0 Å². The summed E-state index contributed by atoms with van der Waals surface area (Å²) < 4.78 is 5.49. The third kappa shape index (κ3) is 3.77. The molecule has 0 aromatic heterocycles. The summed E-state index contributed by atoms with van der Waals surface area (Å²) in [6.07, 6.45) is 9.57. The second-order valence-corrected chi connectivity index (χ2v) is 7.99. The fraction of sp³-hybridized carbons (Fsp3) is 0.481. The molecular weight excluding hydrogens is 340 g/mol. The monoisotopic (exact) mass is 376 g/mol. The second-order valence-electron chi connectivity index (χ2n) is 7.99. The Kier molecular flexibility index (Phi) is 6.99. The van der Waals surface area contributed by atoms with Crippen molar-refractivity contribution in [2.24, 2.45) is 0 Å². The molecule has 0 spiro atoms. The first-order chi connectivity index (χ1) is 13.7. The number of rotatable bonds is 9. The van der Waals surface area contributed by atoms with Crippen LogP contribution in [0.5, 0.6) is 5.75 Å². The predicted octanol–water partition coefficient (Wildman–Crippen LogP) is 7.81. The predicted molar refractivity (Wildman–Crippen MR) is 124 cm³/mol. The van der Waals surface area contributed by atoms with Crippen molar-refractivity contribution in [3.8, 4) is 5.75 Å². The quantitative estimate of drug-likeness (QED) is 0.346. The van der Waals surface area contributed by atoms with Crippen molar-refractivity contribution in [3.63, 3.8) is 0 Å². The first-order valence-corrected chi connectivity index (χ1v) is 11.3. The Hall–Kier alpha value is -2.02. The van der Waals surface area contributed by atoms with Crippen LogP contribution in [0.3, 0.4) is 0 Å². The van der Waals surface area contributed by atoms with Gasteiger partial charge < -0.3 is 4.74 Å². The molecule has 1 nitrogen and oxygen atoms in total. The number of methoxy groups -OCH3 is 1. The zero-order valence-electron chi connectivity index (χ0n) is 18.5. The third-order valence-corrected chi connectivity index (χ3v) is 5.95.